The summed E-state index contributed by atoms with van der Waals surface area (Å²) in [4.78, 5) is 12.0. The molecule has 2 rings (SSSR count). The third-order valence-electron chi connectivity index (χ3n) is 2.58. The third-order valence-corrected chi connectivity index (χ3v) is 2.58. The van der Waals surface area contributed by atoms with Gasteiger partial charge in [0.05, 0.1) is 6.61 Å². The maximum Gasteiger partial charge on any atom is 0.255 e. The predicted molar refractivity (Wildman–Crippen MR) is 71.5 cm³/mol. The summed E-state index contributed by atoms with van der Waals surface area (Å²) in [7, 11) is 1.60. The van der Waals surface area contributed by atoms with Crippen molar-refractivity contribution in [2.75, 3.05) is 12.4 Å². The first-order chi connectivity index (χ1) is 9.19. The van der Waals surface area contributed by atoms with Gasteiger partial charge < -0.3 is 10.1 Å². The Kier molecular flexibility index (Phi) is 4.26. The van der Waals surface area contributed by atoms with Crippen molar-refractivity contribution in [1.29, 1.82) is 0 Å². The van der Waals surface area contributed by atoms with Crippen molar-refractivity contribution < 1.29 is 13.9 Å². The van der Waals surface area contributed by atoms with Crippen LogP contribution in [0.5, 0.6) is 0 Å². The number of rotatable bonds is 4. The molecule has 0 aliphatic carbocycles. The van der Waals surface area contributed by atoms with Crippen LogP contribution in [-0.2, 0) is 11.3 Å². The molecule has 0 radical (unpaired) electrons. The van der Waals surface area contributed by atoms with Crippen LogP contribution in [-0.4, -0.2) is 13.0 Å². The number of hydrogen-bond acceptors (Lipinski definition) is 2. The average Bonchev–Trinajstić information content (AvgIpc) is 2.39. The highest BCUT2D eigenvalue weighted by Crippen LogP contribution is 2.12. The van der Waals surface area contributed by atoms with E-state index in [2.05, 4.69) is 5.32 Å². The molecule has 0 saturated carbocycles. The van der Waals surface area contributed by atoms with Crippen molar-refractivity contribution in [3.05, 3.63) is 65.5 Å². The molecule has 0 aliphatic rings. The molecule has 2 aromatic carbocycles. The number of hydrogen-bond donors (Lipinski definition) is 1. The van der Waals surface area contributed by atoms with Gasteiger partial charge in [-0.3, -0.25) is 4.79 Å². The summed E-state index contributed by atoms with van der Waals surface area (Å²) in [6, 6.07) is 12.9. The Labute approximate surface area is 111 Å². The zero-order valence-electron chi connectivity index (χ0n) is 10.5. The molecule has 0 saturated heterocycles. The lowest BCUT2D eigenvalue weighted by molar-refractivity contribution is 0.102. The van der Waals surface area contributed by atoms with Crippen molar-refractivity contribution in [3.63, 3.8) is 0 Å². The molecule has 1 N–H and O–H groups in total. The molecule has 0 atom stereocenters. The Morgan fingerprint density at radius 1 is 1.21 bits per heavy atom. The lowest BCUT2D eigenvalue weighted by atomic mass is 10.1. The van der Waals surface area contributed by atoms with E-state index in [4.69, 9.17) is 4.74 Å². The fourth-order valence-corrected chi connectivity index (χ4v) is 1.74. The van der Waals surface area contributed by atoms with Crippen molar-refractivity contribution in [1.82, 2.24) is 0 Å². The normalized spacial score (nSPS) is 10.2. The van der Waals surface area contributed by atoms with E-state index in [1.54, 1.807) is 37.4 Å². The molecular formula is C15H14FNO2. The zero-order chi connectivity index (χ0) is 13.7. The molecule has 4 heteroatoms. The molecule has 19 heavy (non-hydrogen) atoms. The van der Waals surface area contributed by atoms with Gasteiger partial charge >= 0.3 is 0 Å². The highest BCUT2D eigenvalue weighted by molar-refractivity contribution is 6.04. The van der Waals surface area contributed by atoms with E-state index in [1.807, 2.05) is 6.07 Å². The van der Waals surface area contributed by atoms with Crippen LogP contribution in [0.25, 0.3) is 0 Å². The van der Waals surface area contributed by atoms with Gasteiger partial charge in [-0.1, -0.05) is 18.2 Å². The molecule has 2 aromatic rings. The number of anilines is 1. The molecule has 0 unspecified atom stereocenters. The van der Waals surface area contributed by atoms with E-state index in [0.717, 1.165) is 5.56 Å². The lowest BCUT2D eigenvalue weighted by Gasteiger charge is -2.07. The second-order valence-corrected chi connectivity index (χ2v) is 4.10. The van der Waals surface area contributed by atoms with Crippen molar-refractivity contribution in [2.45, 2.75) is 6.61 Å². The summed E-state index contributed by atoms with van der Waals surface area (Å²) >= 11 is 0. The Hall–Kier alpha value is -2.20. The summed E-state index contributed by atoms with van der Waals surface area (Å²) in [5, 5.41) is 2.65. The predicted octanol–water partition coefficient (Wildman–Crippen LogP) is 3.22. The average molecular weight is 259 g/mol. The largest absolute Gasteiger partial charge is 0.380 e. The molecule has 0 aromatic heterocycles. The highest BCUT2D eigenvalue weighted by atomic mass is 19.1. The zero-order valence-corrected chi connectivity index (χ0v) is 10.5. The minimum Gasteiger partial charge on any atom is -0.380 e. The molecule has 98 valence electrons. The number of benzene rings is 2. The Morgan fingerprint density at radius 2 is 2.00 bits per heavy atom. The minimum atomic E-state index is -0.383. The minimum absolute atomic E-state index is 0.274. The van der Waals surface area contributed by atoms with E-state index in [0.29, 0.717) is 17.9 Å². The van der Waals surface area contributed by atoms with Crippen molar-refractivity contribution >= 4 is 11.6 Å². The van der Waals surface area contributed by atoms with Crippen LogP contribution in [0.1, 0.15) is 15.9 Å². The van der Waals surface area contributed by atoms with Gasteiger partial charge in [-0.25, -0.2) is 4.39 Å². The molecule has 1 amide bonds. The van der Waals surface area contributed by atoms with Crippen LogP contribution < -0.4 is 5.32 Å². The lowest BCUT2D eigenvalue weighted by Crippen LogP contribution is -2.12. The molecule has 0 heterocycles. The van der Waals surface area contributed by atoms with E-state index >= 15 is 0 Å². The Balaban J connectivity index is 2.13. The van der Waals surface area contributed by atoms with Gasteiger partial charge in [0, 0.05) is 18.4 Å². The first-order valence-corrected chi connectivity index (χ1v) is 5.84. The number of nitrogens with one attached hydrogen (secondary N) is 1. The summed E-state index contributed by atoms with van der Waals surface area (Å²) in [6.07, 6.45) is 0. The van der Waals surface area contributed by atoms with Crippen molar-refractivity contribution in [3.8, 4) is 0 Å². The second kappa shape index (κ2) is 6.11. The van der Waals surface area contributed by atoms with Crippen LogP contribution in [0.3, 0.4) is 0 Å². The van der Waals surface area contributed by atoms with Crippen LogP contribution in [0.2, 0.25) is 0 Å². The van der Waals surface area contributed by atoms with E-state index in [1.165, 1.54) is 12.1 Å². The van der Waals surface area contributed by atoms with Gasteiger partial charge in [-0.05, 0) is 35.9 Å². The fraction of sp³-hybridized carbons (Fsp3) is 0.133. The quantitative estimate of drug-likeness (QED) is 0.915. The molecule has 3 nitrogen and oxygen atoms in total. The highest BCUT2D eigenvalue weighted by Gasteiger charge is 2.07. The van der Waals surface area contributed by atoms with E-state index in [-0.39, 0.29) is 11.7 Å². The Bertz CT molecular complexity index is 584. The van der Waals surface area contributed by atoms with Gasteiger partial charge in [-0.15, -0.1) is 0 Å². The SMILES string of the molecule is COCc1cccc(C(=O)Nc2cccc(F)c2)c1. The number of carbonyl (C=O) groups is 1. The number of methoxy groups -OCH3 is 1. The first-order valence-electron chi connectivity index (χ1n) is 5.84. The summed E-state index contributed by atoms with van der Waals surface area (Å²) in [6.45, 7) is 0.446. The number of amides is 1. The van der Waals surface area contributed by atoms with Gasteiger partial charge in [-0.2, -0.15) is 0 Å². The van der Waals surface area contributed by atoms with Gasteiger partial charge in [0.25, 0.3) is 5.91 Å². The first kappa shape index (κ1) is 13.2. The fourth-order valence-electron chi connectivity index (χ4n) is 1.74. The van der Waals surface area contributed by atoms with E-state index < -0.39 is 0 Å². The van der Waals surface area contributed by atoms with Gasteiger partial charge in [0.15, 0.2) is 0 Å². The monoisotopic (exact) mass is 259 g/mol. The van der Waals surface area contributed by atoms with Crippen LogP contribution in [0.4, 0.5) is 10.1 Å². The maximum absolute atomic E-state index is 13.0. The summed E-state index contributed by atoms with van der Waals surface area (Å²) in [5.74, 6) is -0.658. The molecular weight excluding hydrogens is 245 g/mol. The number of carbonyl (C=O) groups excluding carboxylic acids is 1. The van der Waals surface area contributed by atoms with Crippen LogP contribution >= 0.6 is 0 Å². The standard InChI is InChI=1S/C15H14FNO2/c1-19-10-11-4-2-5-12(8-11)15(18)17-14-7-3-6-13(16)9-14/h2-9H,10H2,1H3,(H,17,18). The summed E-state index contributed by atoms with van der Waals surface area (Å²) < 4.78 is 18.0. The Morgan fingerprint density at radius 3 is 2.74 bits per heavy atom. The molecule has 0 spiro atoms. The van der Waals surface area contributed by atoms with Crippen molar-refractivity contribution in [2.24, 2.45) is 0 Å². The van der Waals surface area contributed by atoms with Gasteiger partial charge in [0.2, 0.25) is 0 Å². The second-order valence-electron chi connectivity index (χ2n) is 4.10. The molecule has 0 fully saturated rings. The molecule has 0 bridgehead atoms. The third kappa shape index (κ3) is 3.63. The van der Waals surface area contributed by atoms with Crippen LogP contribution in [0, 0.1) is 5.82 Å². The van der Waals surface area contributed by atoms with E-state index in [9.17, 15) is 9.18 Å². The maximum atomic E-state index is 13.0. The molecule has 0 aliphatic heterocycles. The number of halogens is 1. The number of ether oxygens (including phenoxy) is 1. The van der Waals surface area contributed by atoms with Crippen LogP contribution in [0.15, 0.2) is 48.5 Å². The topological polar surface area (TPSA) is 38.3 Å². The summed E-state index contributed by atoms with van der Waals surface area (Å²) in [5.41, 5.74) is 1.86. The van der Waals surface area contributed by atoms with Gasteiger partial charge in [0.1, 0.15) is 5.82 Å². The smallest absolute Gasteiger partial charge is 0.255 e.